The molecule has 1 saturated heterocycles. The van der Waals surface area contributed by atoms with Crippen molar-refractivity contribution in [3.8, 4) is 11.8 Å². The third-order valence-corrected chi connectivity index (χ3v) is 5.66. The molecule has 4 rings (SSSR count). The van der Waals surface area contributed by atoms with Crippen molar-refractivity contribution in [2.45, 2.75) is 10.6 Å². The predicted octanol–water partition coefficient (Wildman–Crippen LogP) is 3.42. The van der Waals surface area contributed by atoms with Crippen molar-refractivity contribution in [3.05, 3.63) is 102 Å². The van der Waals surface area contributed by atoms with Crippen LogP contribution in [-0.4, -0.2) is 27.1 Å². The van der Waals surface area contributed by atoms with Gasteiger partial charge in [0.15, 0.2) is 0 Å². The number of hydrazine groups is 1. The third kappa shape index (κ3) is 4.31. The summed E-state index contributed by atoms with van der Waals surface area (Å²) in [5, 5.41) is 0.454. The summed E-state index contributed by atoms with van der Waals surface area (Å²) in [5.41, 5.74) is 4.95. The van der Waals surface area contributed by atoms with Gasteiger partial charge in [-0.3, -0.25) is 20.0 Å². The molecule has 2 atom stereocenters. The Morgan fingerprint density at radius 2 is 1.62 bits per heavy atom. The zero-order chi connectivity index (χ0) is 20.1. The van der Waals surface area contributed by atoms with E-state index in [1.807, 2.05) is 60.7 Å². The minimum absolute atomic E-state index is 0.241. The van der Waals surface area contributed by atoms with Crippen LogP contribution < -0.4 is 5.43 Å². The van der Waals surface area contributed by atoms with E-state index >= 15 is 0 Å². The third-order valence-electron chi connectivity index (χ3n) is 4.33. The van der Waals surface area contributed by atoms with E-state index in [-0.39, 0.29) is 17.2 Å². The van der Waals surface area contributed by atoms with Crippen molar-refractivity contribution in [2.75, 3.05) is 0 Å². The molecule has 2 heterocycles. The van der Waals surface area contributed by atoms with Crippen LogP contribution in [0, 0.1) is 11.8 Å². The SMILES string of the molecule is O=C(NN1C(=O)C(C#Cc2ccccc2)SC1c1ccccc1)c1ccncc1. The maximum Gasteiger partial charge on any atom is 0.270 e. The first-order chi connectivity index (χ1) is 14.2. The largest absolute Gasteiger partial charge is 0.271 e. The van der Waals surface area contributed by atoms with Crippen molar-refractivity contribution < 1.29 is 9.59 Å². The molecule has 0 spiro atoms. The highest BCUT2D eigenvalue weighted by molar-refractivity contribution is 8.01. The van der Waals surface area contributed by atoms with Crippen molar-refractivity contribution in [1.82, 2.24) is 15.4 Å². The Bertz CT molecular complexity index is 1060. The van der Waals surface area contributed by atoms with Crippen LogP contribution in [0.1, 0.15) is 26.9 Å². The average molecular weight is 399 g/mol. The zero-order valence-electron chi connectivity index (χ0n) is 15.4. The van der Waals surface area contributed by atoms with Gasteiger partial charge < -0.3 is 0 Å². The van der Waals surface area contributed by atoms with Crippen LogP contribution in [0.25, 0.3) is 0 Å². The Kier molecular flexibility index (Phi) is 5.59. The normalized spacial score (nSPS) is 18.1. The standard InChI is InChI=1S/C23H17N3O2S/c27-21(18-13-15-24-16-14-18)25-26-22(28)20(12-11-17-7-3-1-4-8-17)29-23(26)19-9-5-2-6-10-19/h1-10,13-16,20,23H,(H,25,27). The van der Waals surface area contributed by atoms with E-state index in [1.54, 1.807) is 12.1 Å². The number of carbonyl (C=O) groups excluding carboxylic acids is 2. The summed E-state index contributed by atoms with van der Waals surface area (Å²) in [5.74, 6) is 5.50. The van der Waals surface area contributed by atoms with E-state index in [1.165, 1.54) is 29.2 Å². The Hall–Kier alpha value is -3.56. The fraction of sp³-hybridized carbons (Fsp3) is 0.0870. The molecule has 1 aliphatic rings. The molecule has 1 aliphatic heterocycles. The van der Waals surface area contributed by atoms with Crippen LogP contribution in [0.3, 0.4) is 0 Å². The number of benzene rings is 2. The van der Waals surface area contributed by atoms with Crippen LogP contribution in [0.4, 0.5) is 0 Å². The lowest BCUT2D eigenvalue weighted by molar-refractivity contribution is -0.131. The smallest absolute Gasteiger partial charge is 0.270 e. The first-order valence-corrected chi connectivity index (χ1v) is 9.98. The number of hydrogen-bond acceptors (Lipinski definition) is 4. The number of nitrogens with zero attached hydrogens (tertiary/aromatic N) is 2. The maximum absolute atomic E-state index is 13.1. The number of amides is 2. The Morgan fingerprint density at radius 1 is 0.966 bits per heavy atom. The van der Waals surface area contributed by atoms with Gasteiger partial charge in [-0.15, -0.1) is 11.8 Å². The van der Waals surface area contributed by atoms with Crippen molar-refractivity contribution in [3.63, 3.8) is 0 Å². The van der Waals surface area contributed by atoms with E-state index in [0.29, 0.717) is 5.56 Å². The number of rotatable bonds is 3. The second-order valence-electron chi connectivity index (χ2n) is 6.30. The Labute approximate surface area is 173 Å². The number of pyridine rings is 1. The molecule has 29 heavy (non-hydrogen) atoms. The van der Waals surface area contributed by atoms with Gasteiger partial charge in [-0.25, -0.2) is 5.01 Å². The van der Waals surface area contributed by atoms with Gasteiger partial charge in [0.1, 0.15) is 10.6 Å². The van der Waals surface area contributed by atoms with Crippen LogP contribution in [0.5, 0.6) is 0 Å². The summed E-state index contributed by atoms with van der Waals surface area (Å²) in [4.78, 5) is 29.6. The van der Waals surface area contributed by atoms with E-state index in [0.717, 1.165) is 11.1 Å². The number of hydrogen-bond donors (Lipinski definition) is 1. The quantitative estimate of drug-likeness (QED) is 0.686. The van der Waals surface area contributed by atoms with Gasteiger partial charge in [0.2, 0.25) is 0 Å². The van der Waals surface area contributed by atoms with Gasteiger partial charge in [0.25, 0.3) is 11.8 Å². The summed E-state index contributed by atoms with van der Waals surface area (Å²) in [6.45, 7) is 0. The molecule has 3 aromatic rings. The highest BCUT2D eigenvalue weighted by Gasteiger charge is 2.41. The predicted molar refractivity (Wildman–Crippen MR) is 112 cm³/mol. The molecular formula is C23H17N3O2S. The molecule has 0 aliphatic carbocycles. The second kappa shape index (κ2) is 8.63. The number of carbonyl (C=O) groups is 2. The second-order valence-corrected chi connectivity index (χ2v) is 7.49. The van der Waals surface area contributed by atoms with E-state index in [9.17, 15) is 9.59 Å². The minimum Gasteiger partial charge on any atom is -0.271 e. The fourth-order valence-electron chi connectivity index (χ4n) is 2.89. The summed E-state index contributed by atoms with van der Waals surface area (Å²) in [7, 11) is 0. The van der Waals surface area contributed by atoms with Gasteiger partial charge in [-0.05, 0) is 29.8 Å². The molecule has 1 N–H and O–H groups in total. The van der Waals surface area contributed by atoms with E-state index in [4.69, 9.17) is 0 Å². The molecule has 0 bridgehead atoms. The summed E-state index contributed by atoms with van der Waals surface area (Å²) in [6, 6.07) is 22.3. The van der Waals surface area contributed by atoms with Gasteiger partial charge >= 0.3 is 0 Å². The lowest BCUT2D eigenvalue weighted by Gasteiger charge is -2.24. The Balaban J connectivity index is 1.61. The average Bonchev–Trinajstić information content (AvgIpc) is 3.09. The number of thioether (sulfide) groups is 1. The first kappa shape index (κ1) is 18.8. The molecular weight excluding hydrogens is 382 g/mol. The van der Waals surface area contributed by atoms with Gasteiger partial charge in [0, 0.05) is 23.5 Å². The van der Waals surface area contributed by atoms with Gasteiger partial charge in [0.05, 0.1) is 0 Å². The van der Waals surface area contributed by atoms with E-state index in [2.05, 4.69) is 22.3 Å². The first-order valence-electron chi connectivity index (χ1n) is 9.03. The summed E-state index contributed by atoms with van der Waals surface area (Å²) < 4.78 is 0. The van der Waals surface area contributed by atoms with Crippen LogP contribution >= 0.6 is 11.8 Å². The zero-order valence-corrected chi connectivity index (χ0v) is 16.2. The number of nitrogens with one attached hydrogen (secondary N) is 1. The molecule has 1 aromatic heterocycles. The Morgan fingerprint density at radius 3 is 2.31 bits per heavy atom. The minimum atomic E-state index is -0.571. The van der Waals surface area contributed by atoms with Gasteiger partial charge in [-0.2, -0.15) is 0 Å². The molecule has 6 heteroatoms. The monoisotopic (exact) mass is 399 g/mol. The van der Waals surface area contributed by atoms with Crippen LogP contribution in [0.2, 0.25) is 0 Å². The highest BCUT2D eigenvalue weighted by Crippen LogP contribution is 2.41. The molecule has 0 radical (unpaired) electrons. The van der Waals surface area contributed by atoms with Crippen molar-refractivity contribution >= 4 is 23.6 Å². The lowest BCUT2D eigenvalue weighted by atomic mass is 10.2. The van der Waals surface area contributed by atoms with Crippen LogP contribution in [0.15, 0.2) is 85.2 Å². The van der Waals surface area contributed by atoms with E-state index < -0.39 is 5.25 Å². The summed E-state index contributed by atoms with van der Waals surface area (Å²) >= 11 is 1.41. The van der Waals surface area contributed by atoms with Crippen molar-refractivity contribution in [1.29, 1.82) is 0 Å². The fourth-order valence-corrected chi connectivity index (χ4v) is 4.10. The number of aromatic nitrogens is 1. The van der Waals surface area contributed by atoms with Gasteiger partial charge in [-0.1, -0.05) is 60.4 Å². The van der Waals surface area contributed by atoms with Crippen LogP contribution in [-0.2, 0) is 4.79 Å². The topological polar surface area (TPSA) is 62.3 Å². The lowest BCUT2D eigenvalue weighted by Crippen LogP contribution is -2.45. The highest BCUT2D eigenvalue weighted by atomic mass is 32.2. The molecule has 142 valence electrons. The molecule has 2 aromatic carbocycles. The molecule has 5 nitrogen and oxygen atoms in total. The maximum atomic E-state index is 13.1. The summed E-state index contributed by atoms with van der Waals surface area (Å²) in [6.07, 6.45) is 3.08. The molecule has 2 unspecified atom stereocenters. The molecule has 0 saturated carbocycles. The van der Waals surface area contributed by atoms with Crippen molar-refractivity contribution in [2.24, 2.45) is 0 Å². The molecule has 1 fully saturated rings. The molecule has 2 amide bonds.